The first kappa shape index (κ1) is 27.2. The van der Waals surface area contributed by atoms with Crippen LogP contribution < -0.4 is 15.2 Å². The number of furan rings is 1. The van der Waals surface area contributed by atoms with Crippen molar-refractivity contribution >= 4 is 45.4 Å². The van der Waals surface area contributed by atoms with Crippen LogP contribution in [0.5, 0.6) is 0 Å². The normalized spacial score (nSPS) is 11.2. The van der Waals surface area contributed by atoms with Crippen LogP contribution in [-0.4, -0.2) is 41.3 Å². The van der Waals surface area contributed by atoms with E-state index in [4.69, 9.17) is 4.42 Å². The van der Waals surface area contributed by atoms with Gasteiger partial charge in [0.05, 0.1) is 23.2 Å². The number of fused-ring (bicyclic) bond motifs is 2. The maximum Gasteiger partial charge on any atom is 0.277 e. The molecule has 0 spiro atoms. The van der Waals surface area contributed by atoms with Crippen LogP contribution in [0, 0.1) is 5.82 Å². The number of carbonyl (C=O) groups excluding carboxylic acids is 1. The minimum atomic E-state index is -0.383. The molecule has 0 saturated heterocycles. The molecular weight excluding hydrogens is 553 g/mol. The highest BCUT2D eigenvalue weighted by atomic mass is 32.2. The van der Waals surface area contributed by atoms with Crippen LogP contribution in [0.25, 0.3) is 44.3 Å². The van der Waals surface area contributed by atoms with Gasteiger partial charge >= 0.3 is 0 Å². The lowest BCUT2D eigenvalue weighted by Crippen LogP contribution is -2.24. The second kappa shape index (κ2) is 11.1. The van der Waals surface area contributed by atoms with Crippen molar-refractivity contribution in [3.63, 3.8) is 0 Å². The molecule has 2 aromatic heterocycles. The largest absolute Gasteiger partial charge is 0.455 e. The third-order valence-electron chi connectivity index (χ3n) is 7.19. The number of benzene rings is 4. The molecule has 0 fully saturated rings. The van der Waals surface area contributed by atoms with Crippen molar-refractivity contribution < 1.29 is 13.6 Å². The Morgan fingerprint density at radius 1 is 1.00 bits per heavy atom. The van der Waals surface area contributed by atoms with E-state index in [1.165, 1.54) is 28.8 Å². The van der Waals surface area contributed by atoms with Crippen LogP contribution in [0.15, 0.2) is 94.1 Å². The maximum absolute atomic E-state index is 13.7. The zero-order valence-electron chi connectivity index (χ0n) is 23.1. The SMILES string of the molecule is CNC(=O)c1c(-c2ccc(F)cc2)oc2cc(N(C)SC)c(-c3ccc4nnn(Cc5ccccc5)c(=O)c4c3)cc12. The zero-order chi connectivity index (χ0) is 29.4. The summed E-state index contributed by atoms with van der Waals surface area (Å²) in [4.78, 5) is 26.7. The molecule has 1 amide bonds. The van der Waals surface area contributed by atoms with E-state index in [-0.39, 0.29) is 17.3 Å². The molecule has 0 unspecified atom stereocenters. The zero-order valence-corrected chi connectivity index (χ0v) is 23.9. The Hall–Kier alpha value is -4.96. The van der Waals surface area contributed by atoms with Crippen LogP contribution in [0.3, 0.4) is 0 Å². The van der Waals surface area contributed by atoms with E-state index >= 15 is 0 Å². The van der Waals surface area contributed by atoms with Crippen LogP contribution in [0.1, 0.15) is 15.9 Å². The molecular formula is C32H26FN5O3S. The summed E-state index contributed by atoms with van der Waals surface area (Å²) < 4.78 is 23.3. The lowest BCUT2D eigenvalue weighted by Gasteiger charge is -2.20. The lowest BCUT2D eigenvalue weighted by molar-refractivity contribution is 0.0964. The number of amides is 1. The molecule has 2 heterocycles. The molecule has 210 valence electrons. The molecule has 0 aliphatic rings. The van der Waals surface area contributed by atoms with Gasteiger partial charge in [0.2, 0.25) is 0 Å². The van der Waals surface area contributed by atoms with E-state index in [2.05, 4.69) is 15.6 Å². The molecule has 6 aromatic rings. The van der Waals surface area contributed by atoms with Gasteiger partial charge in [0, 0.05) is 42.9 Å². The van der Waals surface area contributed by atoms with Gasteiger partial charge in [-0.05, 0) is 53.6 Å². The Labute approximate surface area is 244 Å². The van der Waals surface area contributed by atoms with Gasteiger partial charge in [0.25, 0.3) is 11.5 Å². The quantitative estimate of drug-likeness (QED) is 0.227. The number of hydrogen-bond acceptors (Lipinski definition) is 7. The number of rotatable bonds is 7. The molecule has 0 saturated carbocycles. The van der Waals surface area contributed by atoms with Crippen molar-refractivity contribution in [1.29, 1.82) is 0 Å². The van der Waals surface area contributed by atoms with Crippen LogP contribution in [0.2, 0.25) is 0 Å². The summed E-state index contributed by atoms with van der Waals surface area (Å²) in [5.41, 5.74) is 4.99. The molecule has 0 radical (unpaired) electrons. The van der Waals surface area contributed by atoms with Crippen molar-refractivity contribution in [2.24, 2.45) is 0 Å². The van der Waals surface area contributed by atoms with Gasteiger partial charge < -0.3 is 14.0 Å². The first-order valence-corrected chi connectivity index (χ1v) is 14.3. The Balaban J connectivity index is 1.56. The fraction of sp³-hybridized carbons (Fsp3) is 0.125. The highest BCUT2D eigenvalue weighted by Gasteiger charge is 2.24. The fourth-order valence-corrected chi connectivity index (χ4v) is 5.33. The van der Waals surface area contributed by atoms with Crippen LogP contribution >= 0.6 is 11.9 Å². The highest BCUT2D eigenvalue weighted by molar-refractivity contribution is 7.99. The van der Waals surface area contributed by atoms with Crippen molar-refractivity contribution in [1.82, 2.24) is 20.3 Å². The Bertz CT molecular complexity index is 2010. The molecule has 4 aromatic carbocycles. The second-order valence-corrected chi connectivity index (χ2v) is 10.6. The molecule has 0 aliphatic carbocycles. The molecule has 0 aliphatic heterocycles. The minimum absolute atomic E-state index is 0.250. The highest BCUT2D eigenvalue weighted by Crippen LogP contribution is 2.42. The summed E-state index contributed by atoms with van der Waals surface area (Å²) in [6.45, 7) is 0.302. The number of hydrogen-bond donors (Lipinski definition) is 1. The smallest absolute Gasteiger partial charge is 0.277 e. The molecule has 8 nitrogen and oxygen atoms in total. The van der Waals surface area contributed by atoms with Gasteiger partial charge in [-0.2, -0.15) is 0 Å². The van der Waals surface area contributed by atoms with Crippen molar-refractivity contribution in [3.8, 4) is 22.5 Å². The summed E-state index contributed by atoms with van der Waals surface area (Å²) in [6.07, 6.45) is 1.95. The van der Waals surface area contributed by atoms with Crippen LogP contribution in [-0.2, 0) is 6.54 Å². The monoisotopic (exact) mass is 579 g/mol. The standard InChI is InChI=1S/C32H26FN5O3S/c1-34-31(39)29-25-16-23(27(37(2)42-3)17-28(25)41-30(29)20-9-12-22(33)13-10-20)21-11-14-26-24(15-21)32(40)38(36-35-26)18-19-7-5-4-6-8-19/h4-17H,18H2,1-3H3,(H,34,39). The molecule has 0 bridgehead atoms. The van der Waals surface area contributed by atoms with Crippen molar-refractivity contribution in [2.45, 2.75) is 6.54 Å². The van der Waals surface area contributed by atoms with E-state index in [0.717, 1.165) is 22.4 Å². The fourth-order valence-electron chi connectivity index (χ4n) is 4.98. The number of nitrogens with one attached hydrogen (secondary N) is 1. The molecule has 1 N–H and O–H groups in total. The van der Waals surface area contributed by atoms with E-state index in [1.807, 2.05) is 72.2 Å². The minimum Gasteiger partial charge on any atom is -0.455 e. The van der Waals surface area contributed by atoms with Gasteiger partial charge in [-0.15, -0.1) is 5.10 Å². The Morgan fingerprint density at radius 2 is 1.74 bits per heavy atom. The number of halogens is 1. The number of aromatic nitrogens is 3. The summed E-state index contributed by atoms with van der Waals surface area (Å²) >= 11 is 1.51. The Kier molecular flexibility index (Phi) is 7.22. The van der Waals surface area contributed by atoms with Gasteiger partial charge in [-0.3, -0.25) is 9.59 Å². The number of anilines is 1. The van der Waals surface area contributed by atoms with Gasteiger partial charge in [-0.25, -0.2) is 9.07 Å². The van der Waals surface area contributed by atoms with Crippen LogP contribution in [0.4, 0.5) is 10.1 Å². The van der Waals surface area contributed by atoms with Gasteiger partial charge in [-0.1, -0.05) is 53.6 Å². The summed E-state index contributed by atoms with van der Waals surface area (Å²) in [5, 5.41) is 12.2. The van der Waals surface area contributed by atoms with E-state index in [9.17, 15) is 14.0 Å². The molecule has 10 heteroatoms. The van der Waals surface area contributed by atoms with Gasteiger partial charge in [0.1, 0.15) is 22.7 Å². The average Bonchev–Trinajstić information content (AvgIpc) is 3.40. The molecule has 42 heavy (non-hydrogen) atoms. The van der Waals surface area contributed by atoms with E-state index in [0.29, 0.717) is 45.3 Å². The first-order valence-electron chi connectivity index (χ1n) is 13.2. The third kappa shape index (κ3) is 4.90. The second-order valence-electron chi connectivity index (χ2n) is 9.71. The summed E-state index contributed by atoms with van der Waals surface area (Å²) in [7, 11) is 3.48. The summed E-state index contributed by atoms with van der Waals surface area (Å²) in [5.74, 6) is -0.370. The van der Waals surface area contributed by atoms with Gasteiger partial charge in [0.15, 0.2) is 0 Å². The Morgan fingerprint density at radius 3 is 2.45 bits per heavy atom. The maximum atomic E-state index is 13.7. The van der Waals surface area contributed by atoms with E-state index in [1.54, 1.807) is 25.2 Å². The van der Waals surface area contributed by atoms with Crippen molar-refractivity contribution in [2.75, 3.05) is 24.7 Å². The molecule has 6 rings (SSSR count). The topological polar surface area (TPSA) is 93.3 Å². The average molecular weight is 580 g/mol. The summed E-state index contributed by atoms with van der Waals surface area (Å²) in [6, 6.07) is 24.7. The molecule has 0 atom stereocenters. The predicted octanol–water partition coefficient (Wildman–Crippen LogP) is 6.13. The predicted molar refractivity (Wildman–Crippen MR) is 165 cm³/mol. The lowest BCUT2D eigenvalue weighted by atomic mass is 9.97. The first-order chi connectivity index (χ1) is 20.4. The third-order valence-corrected chi connectivity index (χ3v) is 7.93. The number of nitrogens with zero attached hydrogens (tertiary/aromatic N) is 4. The number of carbonyl (C=O) groups is 1. The van der Waals surface area contributed by atoms with Crippen molar-refractivity contribution in [3.05, 3.63) is 112 Å². The van der Waals surface area contributed by atoms with E-state index < -0.39 is 0 Å².